The van der Waals surface area contributed by atoms with Crippen LogP contribution in [0.5, 0.6) is 17.2 Å². The van der Waals surface area contributed by atoms with Gasteiger partial charge in [0, 0.05) is 18.2 Å². The summed E-state index contributed by atoms with van der Waals surface area (Å²) in [7, 11) is -2.09. The van der Waals surface area contributed by atoms with Gasteiger partial charge in [0.2, 0.25) is 10.0 Å². The van der Waals surface area contributed by atoms with E-state index in [1.165, 1.54) is 37.4 Å². The number of hydrogen-bond donors (Lipinski definition) is 5. The van der Waals surface area contributed by atoms with Crippen molar-refractivity contribution in [2.75, 3.05) is 31.2 Å². The summed E-state index contributed by atoms with van der Waals surface area (Å²) in [6, 6.07) is 12.5. The van der Waals surface area contributed by atoms with Crippen molar-refractivity contribution in [3.05, 3.63) is 70.8 Å². The van der Waals surface area contributed by atoms with Gasteiger partial charge in [-0.3, -0.25) is 4.72 Å². The Bertz CT molecular complexity index is 1430. The van der Waals surface area contributed by atoms with Crippen LogP contribution in [0.2, 0.25) is 0 Å². The lowest BCUT2D eigenvalue weighted by atomic mass is 9.98. The van der Waals surface area contributed by atoms with Gasteiger partial charge in [0.25, 0.3) is 0 Å². The number of sulfonamides is 1. The highest BCUT2D eigenvalue weighted by Gasteiger charge is 2.19. The number of phenolic OH excluding ortho intramolecular Hbond substituents is 1. The van der Waals surface area contributed by atoms with Gasteiger partial charge in [-0.15, -0.1) is 0 Å². The van der Waals surface area contributed by atoms with Gasteiger partial charge in [-0.1, -0.05) is 6.07 Å². The molecule has 3 aromatic rings. The zero-order valence-electron chi connectivity index (χ0n) is 22.5. The Hall–Kier alpha value is -3.80. The molecule has 210 valence electrons. The minimum Gasteiger partial charge on any atom is -0.506 e. The molecule has 0 bridgehead atoms. The molecule has 0 saturated heterocycles. The van der Waals surface area contributed by atoms with Gasteiger partial charge >= 0.3 is 5.97 Å². The van der Waals surface area contributed by atoms with E-state index in [4.69, 9.17) is 9.47 Å². The van der Waals surface area contributed by atoms with Crippen LogP contribution in [0.15, 0.2) is 48.5 Å². The smallest absolute Gasteiger partial charge is 0.335 e. The van der Waals surface area contributed by atoms with Crippen molar-refractivity contribution in [3.8, 4) is 28.4 Å². The fourth-order valence-corrected chi connectivity index (χ4v) is 4.82. The summed E-state index contributed by atoms with van der Waals surface area (Å²) in [6.07, 6.45) is 0.0162. The predicted octanol–water partition coefficient (Wildman–Crippen LogP) is 3.84. The third kappa shape index (κ3) is 7.62. The maximum atomic E-state index is 11.5. The number of carboxylic acids is 1. The third-order valence-corrected chi connectivity index (χ3v) is 6.76. The van der Waals surface area contributed by atoms with E-state index in [-0.39, 0.29) is 17.0 Å². The first-order chi connectivity index (χ1) is 18.3. The molecule has 3 aromatic carbocycles. The summed E-state index contributed by atoms with van der Waals surface area (Å²) in [5.74, 6) is -0.0714. The number of carbonyl (C=O) groups is 1. The zero-order chi connectivity index (χ0) is 28.9. The molecule has 0 aliphatic carbocycles. The van der Waals surface area contributed by atoms with Crippen LogP contribution >= 0.6 is 0 Å². The van der Waals surface area contributed by atoms with Gasteiger partial charge < -0.3 is 30.1 Å². The normalized spacial score (nSPS) is 13.0. The third-order valence-electron chi connectivity index (χ3n) is 6.17. The molecule has 39 heavy (non-hydrogen) atoms. The molecule has 3 rings (SSSR count). The standard InChI is InChI=1S/C28H34N2O8S/c1-16-12-21(22-8-6-20(28(33)34)15-25(22)37-4)13-17(2)27(16)38-11-10-29-18(3)26(32)19-7-9-24(31)23(14-19)30-39(5,35)36/h6-9,12-15,18,26,29-32H,10-11H2,1-5H3,(H,33,34)/t18-,26+/m0/s1. The topological polar surface area (TPSA) is 154 Å². The van der Waals surface area contributed by atoms with Crippen molar-refractivity contribution in [3.63, 3.8) is 0 Å². The molecule has 5 N–H and O–H groups in total. The summed E-state index contributed by atoms with van der Waals surface area (Å²) in [6.45, 7) is 6.39. The quantitative estimate of drug-likeness (QED) is 0.165. The molecular weight excluding hydrogens is 524 g/mol. The van der Waals surface area contributed by atoms with E-state index >= 15 is 0 Å². The van der Waals surface area contributed by atoms with Gasteiger partial charge in [-0.25, -0.2) is 13.2 Å². The number of benzene rings is 3. The van der Waals surface area contributed by atoms with E-state index in [1.54, 1.807) is 13.0 Å². The number of aliphatic hydroxyl groups excluding tert-OH is 1. The molecule has 2 atom stereocenters. The van der Waals surface area contributed by atoms with Gasteiger partial charge in [-0.2, -0.15) is 0 Å². The molecule has 0 unspecified atom stereocenters. The molecule has 0 aromatic heterocycles. The van der Waals surface area contributed by atoms with Crippen LogP contribution < -0.4 is 19.5 Å². The van der Waals surface area contributed by atoms with Crippen molar-refractivity contribution < 1.29 is 38.0 Å². The summed E-state index contributed by atoms with van der Waals surface area (Å²) in [4.78, 5) is 11.3. The number of rotatable bonds is 12. The Labute approximate surface area is 228 Å². The van der Waals surface area contributed by atoms with E-state index in [9.17, 15) is 28.5 Å². The molecule has 0 spiro atoms. The Morgan fingerprint density at radius 2 is 1.72 bits per heavy atom. The van der Waals surface area contributed by atoms with Gasteiger partial charge in [0.1, 0.15) is 23.9 Å². The van der Waals surface area contributed by atoms with E-state index in [0.29, 0.717) is 24.5 Å². The summed E-state index contributed by atoms with van der Waals surface area (Å²) in [5.41, 5.74) is 4.03. The minimum absolute atomic E-state index is 0.00516. The monoisotopic (exact) mass is 558 g/mol. The number of anilines is 1. The molecule has 0 radical (unpaired) electrons. The van der Waals surface area contributed by atoms with Crippen molar-refractivity contribution in [2.24, 2.45) is 0 Å². The summed E-state index contributed by atoms with van der Waals surface area (Å²) < 4.78 is 36.7. The molecule has 11 heteroatoms. The van der Waals surface area contributed by atoms with E-state index < -0.39 is 28.1 Å². The molecule has 0 aliphatic heterocycles. The molecule has 0 fully saturated rings. The number of ether oxygens (including phenoxy) is 2. The first-order valence-corrected chi connectivity index (χ1v) is 14.1. The second kappa shape index (κ2) is 12.4. The van der Waals surface area contributed by atoms with E-state index in [0.717, 1.165) is 34.3 Å². The number of aromatic hydroxyl groups is 1. The fourth-order valence-electron chi connectivity index (χ4n) is 4.26. The van der Waals surface area contributed by atoms with Crippen molar-refractivity contribution in [2.45, 2.75) is 32.9 Å². The first-order valence-electron chi connectivity index (χ1n) is 12.2. The molecule has 0 saturated carbocycles. The van der Waals surface area contributed by atoms with Crippen molar-refractivity contribution in [1.82, 2.24) is 5.32 Å². The highest BCUT2D eigenvalue weighted by Crippen LogP contribution is 2.35. The highest BCUT2D eigenvalue weighted by molar-refractivity contribution is 7.92. The minimum atomic E-state index is -3.59. The van der Waals surface area contributed by atoms with Crippen LogP contribution in [0.25, 0.3) is 11.1 Å². The van der Waals surface area contributed by atoms with Crippen molar-refractivity contribution in [1.29, 1.82) is 0 Å². The number of hydrogen-bond acceptors (Lipinski definition) is 8. The number of methoxy groups -OCH3 is 1. The Morgan fingerprint density at radius 3 is 2.31 bits per heavy atom. The SMILES string of the molecule is COc1cc(C(=O)O)ccc1-c1cc(C)c(OCCN[C@@H](C)[C@@H](O)c2ccc(O)c(NS(C)(=O)=O)c2)c(C)c1. The highest BCUT2D eigenvalue weighted by atomic mass is 32.2. The second-order valence-electron chi connectivity index (χ2n) is 9.35. The van der Waals surface area contributed by atoms with Crippen molar-refractivity contribution >= 4 is 21.7 Å². The van der Waals surface area contributed by atoms with Crippen LogP contribution in [-0.2, 0) is 10.0 Å². The maximum Gasteiger partial charge on any atom is 0.335 e. The largest absolute Gasteiger partial charge is 0.506 e. The maximum absolute atomic E-state index is 11.5. The van der Waals surface area contributed by atoms with Crippen LogP contribution in [0.4, 0.5) is 5.69 Å². The average molecular weight is 559 g/mol. The Balaban J connectivity index is 1.63. The lowest BCUT2D eigenvalue weighted by molar-refractivity contribution is 0.0696. The predicted molar refractivity (Wildman–Crippen MR) is 149 cm³/mol. The summed E-state index contributed by atoms with van der Waals surface area (Å²) in [5, 5.41) is 33.1. The number of aromatic carboxylic acids is 1. The number of carboxylic acid groups (broad SMARTS) is 1. The van der Waals surface area contributed by atoms with Crippen LogP contribution in [0.3, 0.4) is 0 Å². The fraction of sp³-hybridized carbons (Fsp3) is 0.321. The van der Waals surface area contributed by atoms with Crippen LogP contribution in [-0.4, -0.2) is 62.3 Å². The average Bonchev–Trinajstić information content (AvgIpc) is 2.87. The van der Waals surface area contributed by atoms with Gasteiger partial charge in [-0.05, 0) is 85.5 Å². The van der Waals surface area contributed by atoms with Crippen LogP contribution in [0.1, 0.15) is 40.1 Å². The molecular formula is C28H34N2O8S. The lowest BCUT2D eigenvalue weighted by Gasteiger charge is -2.22. The molecule has 10 nitrogen and oxygen atoms in total. The Kier molecular flexibility index (Phi) is 9.44. The van der Waals surface area contributed by atoms with Gasteiger partial charge in [0.15, 0.2) is 0 Å². The molecule has 0 aliphatic rings. The first kappa shape index (κ1) is 29.8. The summed E-state index contributed by atoms with van der Waals surface area (Å²) >= 11 is 0. The number of aryl methyl sites for hydroxylation is 2. The van der Waals surface area contributed by atoms with E-state index in [1.807, 2.05) is 26.0 Å². The lowest BCUT2D eigenvalue weighted by Crippen LogP contribution is -2.35. The Morgan fingerprint density at radius 1 is 1.05 bits per heavy atom. The zero-order valence-corrected chi connectivity index (χ0v) is 23.3. The van der Waals surface area contributed by atoms with Gasteiger partial charge in [0.05, 0.1) is 30.7 Å². The van der Waals surface area contributed by atoms with E-state index in [2.05, 4.69) is 10.0 Å². The number of nitrogens with one attached hydrogen (secondary N) is 2. The second-order valence-corrected chi connectivity index (χ2v) is 11.1. The molecule has 0 amide bonds. The number of aliphatic hydroxyl groups is 1. The molecule has 0 heterocycles. The number of phenols is 1. The van der Waals surface area contributed by atoms with Crippen LogP contribution in [0, 0.1) is 13.8 Å².